The molecule has 52 heavy (non-hydrogen) atoms. The molecule has 2 atom stereocenters. The van der Waals surface area contributed by atoms with Crippen LogP contribution in [0.5, 0.6) is 0 Å². The van der Waals surface area contributed by atoms with Crippen molar-refractivity contribution in [2.75, 3.05) is 7.05 Å². The van der Waals surface area contributed by atoms with Gasteiger partial charge in [-0.2, -0.15) is 4.57 Å². The highest BCUT2D eigenvalue weighted by molar-refractivity contribution is 6.08. The second-order valence-corrected chi connectivity index (χ2v) is 16.0. The van der Waals surface area contributed by atoms with Crippen LogP contribution in [-0.4, -0.2) is 16.9 Å². The molecule has 2 unspecified atom stereocenters. The molecule has 0 saturated heterocycles. The van der Waals surface area contributed by atoms with Crippen LogP contribution in [-0.2, 0) is 6.42 Å². The number of benzene rings is 3. The Kier molecular flexibility index (Phi) is 8.48. The van der Waals surface area contributed by atoms with Gasteiger partial charge in [0.2, 0.25) is 11.4 Å². The Morgan fingerprint density at radius 3 is 2.33 bits per heavy atom. The fourth-order valence-electron chi connectivity index (χ4n) is 9.08. The molecule has 264 valence electrons. The van der Waals surface area contributed by atoms with Crippen LogP contribution in [0.4, 0.5) is 0 Å². The summed E-state index contributed by atoms with van der Waals surface area (Å²) in [4.78, 5) is 7.60. The van der Waals surface area contributed by atoms with Gasteiger partial charge in [0.15, 0.2) is 12.2 Å². The summed E-state index contributed by atoms with van der Waals surface area (Å²) in [5, 5.41) is 2.16. The summed E-state index contributed by atoms with van der Waals surface area (Å²) in [6.07, 6.45) is 7.45. The number of nitrogens with zero attached hydrogens (tertiary/aromatic N) is 3. The molecule has 4 nitrogen and oxygen atoms in total. The number of aromatic nitrogens is 2. The van der Waals surface area contributed by atoms with Gasteiger partial charge in [0.05, 0.1) is 11.6 Å². The lowest BCUT2D eigenvalue weighted by Crippen LogP contribution is -2.48. The fraction of sp³-hybridized carbons (Fsp3) is 0.333. The highest BCUT2D eigenvalue weighted by Crippen LogP contribution is 2.47. The predicted molar refractivity (Wildman–Crippen MR) is 217 cm³/mol. The molecule has 4 heteroatoms. The van der Waals surface area contributed by atoms with Gasteiger partial charge in [0, 0.05) is 70.4 Å². The lowest BCUT2D eigenvalue weighted by molar-refractivity contribution is -0.719. The molecule has 0 aliphatic carbocycles. The minimum Gasteiger partial charge on any atom is -0.437 e. The van der Waals surface area contributed by atoms with Crippen LogP contribution >= 0.6 is 0 Å². The molecule has 0 N–H and O–H groups in total. The van der Waals surface area contributed by atoms with E-state index in [0.717, 1.165) is 58.3 Å². The van der Waals surface area contributed by atoms with Crippen LogP contribution in [0.1, 0.15) is 116 Å². The molecule has 0 radical (unpaired) electrons. The lowest BCUT2D eigenvalue weighted by atomic mass is 9.76. The average molecular weight is 687 g/mol. The Labute approximate surface area is 309 Å². The molecule has 5 heterocycles. The summed E-state index contributed by atoms with van der Waals surface area (Å²) in [6, 6.07) is 25.4. The average Bonchev–Trinajstić information content (AvgIpc) is 3.50. The topological polar surface area (TPSA) is 33.1 Å². The number of fused-ring (bicyclic) bond motifs is 11. The van der Waals surface area contributed by atoms with Crippen LogP contribution in [0.2, 0.25) is 0 Å². The third-order valence-corrected chi connectivity index (χ3v) is 12.0. The van der Waals surface area contributed by atoms with Gasteiger partial charge in [-0.15, -0.1) is 0 Å². The molecular weight excluding hydrogens is 635 g/mol. The van der Waals surface area contributed by atoms with Crippen molar-refractivity contribution in [1.82, 2.24) is 9.88 Å². The van der Waals surface area contributed by atoms with E-state index < -0.39 is 0 Å². The largest absolute Gasteiger partial charge is 0.437 e. The number of allylic oxidation sites excluding steroid dienone is 2. The zero-order chi connectivity index (χ0) is 36.6. The maximum atomic E-state index is 6.94. The molecular formula is C48H52N3O+. The van der Waals surface area contributed by atoms with Gasteiger partial charge in [0.25, 0.3) is 0 Å². The Bertz CT molecular complexity index is 2410. The lowest BCUT2D eigenvalue weighted by Gasteiger charge is -2.36. The van der Waals surface area contributed by atoms with Crippen LogP contribution in [0.15, 0.2) is 95.7 Å². The monoisotopic (exact) mass is 686 g/mol. The second-order valence-electron chi connectivity index (χ2n) is 16.0. The molecule has 0 bridgehead atoms. The van der Waals surface area contributed by atoms with Gasteiger partial charge in [-0.3, -0.25) is 0 Å². The van der Waals surface area contributed by atoms with Gasteiger partial charge in [0.1, 0.15) is 5.58 Å². The van der Waals surface area contributed by atoms with Crippen LogP contribution in [0.3, 0.4) is 0 Å². The van der Waals surface area contributed by atoms with Crippen molar-refractivity contribution in [3.63, 3.8) is 0 Å². The number of furan rings is 1. The van der Waals surface area contributed by atoms with E-state index in [-0.39, 0.29) is 0 Å². The van der Waals surface area contributed by atoms with Gasteiger partial charge < -0.3 is 9.32 Å². The summed E-state index contributed by atoms with van der Waals surface area (Å²) in [7, 11) is 2.18. The molecule has 3 aromatic carbocycles. The smallest absolute Gasteiger partial charge is 0.227 e. The van der Waals surface area contributed by atoms with E-state index in [2.05, 4.69) is 151 Å². The summed E-state index contributed by atoms with van der Waals surface area (Å²) in [5.41, 5.74) is 19.3. The second kappa shape index (κ2) is 12.9. The minimum absolute atomic E-state index is 0.292. The van der Waals surface area contributed by atoms with Crippen molar-refractivity contribution in [1.29, 1.82) is 0 Å². The van der Waals surface area contributed by atoms with Gasteiger partial charge in [-0.25, -0.2) is 4.98 Å². The number of hydrogen-bond acceptors (Lipinski definition) is 3. The van der Waals surface area contributed by atoms with Gasteiger partial charge >= 0.3 is 0 Å². The van der Waals surface area contributed by atoms with Crippen molar-refractivity contribution < 1.29 is 8.98 Å². The summed E-state index contributed by atoms with van der Waals surface area (Å²) in [6.45, 7) is 22.7. The Balaban J connectivity index is 1.30. The van der Waals surface area contributed by atoms with E-state index in [9.17, 15) is 0 Å². The first-order chi connectivity index (χ1) is 25.0. The van der Waals surface area contributed by atoms with Crippen LogP contribution < -0.4 is 4.57 Å². The Morgan fingerprint density at radius 1 is 0.885 bits per heavy atom. The zero-order valence-electron chi connectivity index (χ0n) is 32.4. The maximum Gasteiger partial charge on any atom is 0.227 e. The van der Waals surface area contributed by atoms with Crippen LogP contribution in [0, 0.1) is 20.8 Å². The van der Waals surface area contributed by atoms with Crippen LogP contribution in [0.25, 0.3) is 50.3 Å². The van der Waals surface area contributed by atoms with Crippen molar-refractivity contribution in [2.45, 2.75) is 98.4 Å². The molecule has 3 aromatic heterocycles. The first-order valence-electron chi connectivity index (χ1n) is 19.2. The maximum absolute atomic E-state index is 6.94. The van der Waals surface area contributed by atoms with E-state index in [0.29, 0.717) is 29.5 Å². The van der Waals surface area contributed by atoms with Gasteiger partial charge in [-0.1, -0.05) is 88.4 Å². The highest BCUT2D eigenvalue weighted by atomic mass is 16.3. The zero-order valence-corrected chi connectivity index (χ0v) is 32.4. The number of rotatable bonds is 3. The van der Waals surface area contributed by atoms with Gasteiger partial charge in [-0.05, 0) is 92.0 Å². The molecule has 0 fully saturated rings. The molecule has 0 spiro atoms. The van der Waals surface area contributed by atoms with Crippen molar-refractivity contribution in [3.05, 3.63) is 136 Å². The quantitative estimate of drug-likeness (QED) is 0.174. The molecule has 6 aromatic rings. The number of hydrogen-bond donors (Lipinski definition) is 0. The molecule has 2 aliphatic heterocycles. The molecule has 8 rings (SSSR count). The molecule has 0 amide bonds. The predicted octanol–water partition coefficient (Wildman–Crippen LogP) is 12.3. The minimum atomic E-state index is 0.292. The molecule has 0 saturated carbocycles. The first-order valence-corrected chi connectivity index (χ1v) is 19.2. The van der Waals surface area contributed by atoms with E-state index >= 15 is 0 Å². The van der Waals surface area contributed by atoms with E-state index in [1.54, 1.807) is 0 Å². The molecule has 2 aliphatic rings. The standard InChI is InChI=1S/C48H52N3O/c1-11-42-45-33(16-19-37-38-20-21-41(49-48(38)52-47(37)45)46-34(27(2)3)13-12-14-35(46)28(4)5)17-22-43-40(25-32(9)50(42)10)39-23-29(6)15-18-36(39)44-24-30(7)31(8)26-51(43)44/h11-16,18-21,23-24,26-28,40,43H,9,17,22,25H2,1-8,10H3/q+1/b42-11-. The third kappa shape index (κ3) is 5.41. The highest BCUT2D eigenvalue weighted by Gasteiger charge is 2.42. The Hall–Kier alpha value is -4.96. The summed E-state index contributed by atoms with van der Waals surface area (Å²) >= 11 is 0. The third-order valence-electron chi connectivity index (χ3n) is 12.0. The SMILES string of the molecule is C=C1CC2c3cc(C)ccc3-c3cc(C)c(C)c[n+]3C2CCc2ccc3c(oc4nc(-c5c(C(C)C)cccc5C(C)C)ccc43)c2/C(=C/C)N1C. The van der Waals surface area contributed by atoms with E-state index in [1.165, 1.54) is 55.8 Å². The number of aryl methyl sites for hydroxylation is 4. The number of pyridine rings is 2. The first kappa shape index (κ1) is 34.1. The van der Waals surface area contributed by atoms with Crippen molar-refractivity contribution in [2.24, 2.45) is 0 Å². The van der Waals surface area contributed by atoms with Crippen molar-refractivity contribution >= 4 is 27.8 Å². The summed E-state index contributed by atoms with van der Waals surface area (Å²) in [5.74, 6) is 1.08. The van der Waals surface area contributed by atoms with E-state index in [1.807, 2.05) is 0 Å². The summed E-state index contributed by atoms with van der Waals surface area (Å²) < 4.78 is 9.52. The normalized spacial score (nSPS) is 18.2. The Morgan fingerprint density at radius 2 is 1.62 bits per heavy atom. The van der Waals surface area contributed by atoms with E-state index in [4.69, 9.17) is 16.0 Å². The van der Waals surface area contributed by atoms with Crippen molar-refractivity contribution in [3.8, 4) is 22.5 Å². The fourth-order valence-corrected chi connectivity index (χ4v) is 9.08.